The molecule has 32 heavy (non-hydrogen) atoms. The maximum atomic E-state index is 13.3. The van der Waals surface area contributed by atoms with Crippen molar-refractivity contribution in [2.75, 3.05) is 10.8 Å². The second-order valence-electron chi connectivity index (χ2n) is 6.60. The minimum absolute atomic E-state index is 0.0252. The number of hydrogen-bond donors (Lipinski definition) is 2. The van der Waals surface area contributed by atoms with Gasteiger partial charge >= 0.3 is 0 Å². The third kappa shape index (κ3) is 4.84. The summed E-state index contributed by atoms with van der Waals surface area (Å²) in [5, 5.41) is 0.254. The number of benzene rings is 2. The fourth-order valence-corrected chi connectivity index (χ4v) is 4.68. The monoisotopic (exact) mass is 473 g/mol. The van der Waals surface area contributed by atoms with Gasteiger partial charge in [0.05, 0.1) is 34.0 Å². The van der Waals surface area contributed by atoms with Crippen molar-refractivity contribution in [2.45, 2.75) is 11.8 Å². The number of sulfonamides is 1. The second kappa shape index (κ2) is 9.71. The van der Waals surface area contributed by atoms with E-state index < -0.39 is 21.8 Å². The lowest BCUT2D eigenvalue weighted by atomic mass is 10.2. The van der Waals surface area contributed by atoms with Crippen molar-refractivity contribution in [3.05, 3.63) is 95.4 Å². The minimum atomic E-state index is -4.07. The van der Waals surface area contributed by atoms with Crippen molar-refractivity contribution in [1.82, 2.24) is 10.9 Å². The van der Waals surface area contributed by atoms with Gasteiger partial charge in [-0.05, 0) is 43.3 Å². The van der Waals surface area contributed by atoms with Gasteiger partial charge in [-0.3, -0.25) is 24.7 Å². The molecule has 0 spiro atoms. The van der Waals surface area contributed by atoms with E-state index in [1.807, 2.05) is 0 Å². The molecule has 2 N–H and O–H groups in total. The summed E-state index contributed by atoms with van der Waals surface area (Å²) in [5.74, 6) is -0.861. The molecule has 2 aromatic carbocycles. The Morgan fingerprint density at radius 3 is 2.47 bits per heavy atom. The lowest BCUT2D eigenvalue weighted by Crippen LogP contribution is -2.41. The summed E-state index contributed by atoms with van der Waals surface area (Å²) >= 11 is 6.20. The van der Waals surface area contributed by atoms with Crippen molar-refractivity contribution in [2.24, 2.45) is 0 Å². The van der Waals surface area contributed by atoms with Gasteiger partial charge in [0.2, 0.25) is 0 Å². The second-order valence-corrected chi connectivity index (χ2v) is 8.87. The van der Waals surface area contributed by atoms with Gasteiger partial charge in [0, 0.05) is 5.56 Å². The Hall–Kier alpha value is -3.56. The summed E-state index contributed by atoms with van der Waals surface area (Å²) in [6.07, 6.45) is 2.79. The van der Waals surface area contributed by atoms with Crippen molar-refractivity contribution >= 4 is 39.1 Å². The van der Waals surface area contributed by atoms with Crippen LogP contribution in [0.2, 0.25) is 5.02 Å². The Bertz CT molecular complexity index is 1270. The molecule has 0 aliphatic rings. The lowest BCUT2D eigenvalue weighted by molar-refractivity contribution is 0.0845. The van der Waals surface area contributed by atoms with Gasteiger partial charge in [0.15, 0.2) is 0 Å². The lowest BCUT2D eigenvalue weighted by Gasteiger charge is -2.24. The number of para-hydroxylation sites is 1. The van der Waals surface area contributed by atoms with Crippen LogP contribution in [-0.4, -0.2) is 26.8 Å². The van der Waals surface area contributed by atoms with Crippen LogP contribution < -0.4 is 15.2 Å². The van der Waals surface area contributed by atoms with Crippen LogP contribution in [0.3, 0.4) is 0 Å². The number of amides is 2. The number of carbonyl (C=O) groups is 2. The van der Waals surface area contributed by atoms with Crippen LogP contribution in [0.4, 0.5) is 5.69 Å². The molecule has 3 rings (SSSR count). The summed E-state index contributed by atoms with van der Waals surface area (Å²) in [5.41, 5.74) is 5.12. The van der Waals surface area contributed by atoms with Crippen molar-refractivity contribution in [1.29, 1.82) is 0 Å². The first-order valence-corrected chi connectivity index (χ1v) is 11.2. The maximum Gasteiger partial charge on any atom is 0.273 e. The molecule has 166 valence electrons. The van der Waals surface area contributed by atoms with Crippen LogP contribution in [-0.2, 0) is 10.0 Å². The van der Waals surface area contributed by atoms with E-state index in [9.17, 15) is 18.0 Å². The molecule has 0 bridgehead atoms. The summed E-state index contributed by atoms with van der Waals surface area (Å²) in [6, 6.07) is 13.4. The predicted octanol–water partition coefficient (Wildman–Crippen LogP) is 3.70. The number of furan rings is 1. The molecule has 2 amide bonds. The topological polar surface area (TPSA) is 109 Å². The summed E-state index contributed by atoms with van der Waals surface area (Å²) in [7, 11) is -4.07. The number of hydrazine groups is 1. The molecular weight excluding hydrogens is 454 g/mol. The van der Waals surface area contributed by atoms with E-state index >= 15 is 0 Å². The average Bonchev–Trinajstić information content (AvgIpc) is 3.22. The Labute approximate surface area is 190 Å². The van der Waals surface area contributed by atoms with Crippen molar-refractivity contribution in [3.8, 4) is 0 Å². The molecule has 0 saturated heterocycles. The zero-order chi connectivity index (χ0) is 23.3. The molecule has 0 atom stereocenters. The van der Waals surface area contributed by atoms with E-state index in [2.05, 4.69) is 17.4 Å². The highest BCUT2D eigenvalue weighted by molar-refractivity contribution is 7.92. The fraction of sp³-hybridized carbons (Fsp3) is 0.0909. The number of anilines is 1. The van der Waals surface area contributed by atoms with E-state index in [0.29, 0.717) is 5.76 Å². The molecular formula is C22H20ClN3O5S. The molecule has 10 heteroatoms. The number of nitrogens with one attached hydrogen (secondary N) is 2. The van der Waals surface area contributed by atoms with Crippen LogP contribution >= 0.6 is 11.6 Å². The zero-order valence-corrected chi connectivity index (χ0v) is 18.6. The van der Waals surface area contributed by atoms with E-state index in [0.717, 1.165) is 4.31 Å². The summed E-state index contributed by atoms with van der Waals surface area (Å²) in [6.45, 7) is 5.20. The van der Waals surface area contributed by atoms with Gasteiger partial charge in [-0.1, -0.05) is 35.9 Å². The van der Waals surface area contributed by atoms with E-state index in [1.54, 1.807) is 31.2 Å². The van der Waals surface area contributed by atoms with Gasteiger partial charge in [-0.2, -0.15) is 0 Å². The Balaban J connectivity index is 1.84. The highest BCUT2D eigenvalue weighted by atomic mass is 35.5. The largest absolute Gasteiger partial charge is 0.469 e. The van der Waals surface area contributed by atoms with Crippen LogP contribution in [0.25, 0.3) is 0 Å². The quantitative estimate of drug-likeness (QED) is 0.401. The predicted molar refractivity (Wildman–Crippen MR) is 121 cm³/mol. The number of carbonyl (C=O) groups excluding carboxylic acids is 2. The van der Waals surface area contributed by atoms with E-state index in [1.165, 1.54) is 42.7 Å². The van der Waals surface area contributed by atoms with E-state index in [4.69, 9.17) is 16.0 Å². The van der Waals surface area contributed by atoms with Crippen LogP contribution in [0.1, 0.15) is 26.5 Å². The Morgan fingerprint density at radius 1 is 1.09 bits per heavy atom. The number of nitrogens with zero attached hydrogens (tertiary/aromatic N) is 1. The van der Waals surface area contributed by atoms with Gasteiger partial charge < -0.3 is 4.42 Å². The highest BCUT2D eigenvalue weighted by Crippen LogP contribution is 2.30. The third-order valence-electron chi connectivity index (χ3n) is 4.49. The molecule has 1 heterocycles. The van der Waals surface area contributed by atoms with Gasteiger partial charge in [-0.15, -0.1) is 6.58 Å². The normalized spacial score (nSPS) is 10.9. The van der Waals surface area contributed by atoms with Crippen LogP contribution in [0.5, 0.6) is 0 Å². The molecule has 0 unspecified atom stereocenters. The molecule has 8 nitrogen and oxygen atoms in total. The molecule has 0 fully saturated rings. The third-order valence-corrected chi connectivity index (χ3v) is 6.59. The number of hydrogen-bond acceptors (Lipinski definition) is 5. The Kier molecular flexibility index (Phi) is 7.01. The van der Waals surface area contributed by atoms with Crippen molar-refractivity contribution in [3.63, 3.8) is 0 Å². The summed E-state index contributed by atoms with van der Waals surface area (Å²) in [4.78, 5) is 24.5. The van der Waals surface area contributed by atoms with Crippen LogP contribution in [0, 0.1) is 6.92 Å². The highest BCUT2D eigenvalue weighted by Gasteiger charge is 2.26. The van der Waals surface area contributed by atoms with E-state index in [-0.39, 0.29) is 33.3 Å². The zero-order valence-electron chi connectivity index (χ0n) is 17.0. The Morgan fingerprint density at radius 2 is 1.81 bits per heavy atom. The fourth-order valence-electron chi connectivity index (χ4n) is 2.90. The van der Waals surface area contributed by atoms with Gasteiger partial charge in [-0.25, -0.2) is 8.42 Å². The first-order valence-electron chi connectivity index (χ1n) is 9.38. The molecule has 3 aromatic rings. The molecule has 1 aromatic heterocycles. The average molecular weight is 474 g/mol. The number of aryl methyl sites for hydroxylation is 1. The molecule has 0 saturated carbocycles. The smallest absolute Gasteiger partial charge is 0.273 e. The molecule has 0 radical (unpaired) electrons. The molecule has 0 aliphatic heterocycles. The standard InChI is InChI=1S/C22H20ClN3O5S/c1-3-12-26(20-10-5-4-9-19(20)23)32(29,30)17-8-6-7-16(14-17)21(27)24-25-22(28)18-11-13-31-15(18)2/h3-11,13-14H,1,12H2,2H3,(H,24,27)(H,25,28). The first kappa shape index (κ1) is 23.1. The molecule has 0 aliphatic carbocycles. The number of halogens is 1. The first-order chi connectivity index (χ1) is 15.3. The SMILES string of the molecule is C=CCN(c1ccccc1Cl)S(=O)(=O)c1cccc(C(=O)NNC(=O)c2ccoc2C)c1. The van der Waals surface area contributed by atoms with Crippen LogP contribution in [0.15, 0.2) is 82.8 Å². The minimum Gasteiger partial charge on any atom is -0.469 e. The van der Waals surface area contributed by atoms with Crippen molar-refractivity contribution < 1.29 is 22.4 Å². The number of rotatable bonds is 7. The maximum absolute atomic E-state index is 13.3. The summed E-state index contributed by atoms with van der Waals surface area (Å²) < 4.78 is 32.8. The van der Waals surface area contributed by atoms with Gasteiger partial charge in [0.1, 0.15) is 5.76 Å². The van der Waals surface area contributed by atoms with Gasteiger partial charge in [0.25, 0.3) is 21.8 Å².